The molecule has 0 amide bonds. The maximum atomic E-state index is 9.73. The number of aryl methyl sites for hydroxylation is 1. The van der Waals surface area contributed by atoms with Crippen LogP contribution in [-0.2, 0) is 6.42 Å². The molecule has 0 saturated heterocycles. The van der Waals surface area contributed by atoms with Crippen LogP contribution in [0.4, 0.5) is 0 Å². The molecule has 0 heterocycles. The molecule has 3 aromatic rings. The van der Waals surface area contributed by atoms with Gasteiger partial charge in [-0.25, -0.2) is 0 Å². The molecule has 0 spiro atoms. The lowest BCUT2D eigenvalue weighted by molar-refractivity contribution is 0.538. The molecule has 1 aliphatic carbocycles. The van der Waals surface area contributed by atoms with E-state index in [1.165, 1.54) is 11.1 Å². The van der Waals surface area contributed by atoms with E-state index < -0.39 is 0 Å². The Morgan fingerprint density at radius 1 is 0.833 bits per heavy atom. The summed E-state index contributed by atoms with van der Waals surface area (Å²) in [7, 11) is 0. The maximum Gasteiger partial charge on any atom is 0.133 e. The van der Waals surface area contributed by atoms with E-state index in [0.717, 1.165) is 29.5 Å². The predicted molar refractivity (Wildman–Crippen MR) is 121 cm³/mol. The Morgan fingerprint density at radius 2 is 1.47 bits per heavy atom. The highest BCUT2D eigenvalue weighted by atomic mass is 14.4. The highest BCUT2D eigenvalue weighted by molar-refractivity contribution is 5.80. The largest absolute Gasteiger partial charge is 0.192 e. The molecule has 30 heavy (non-hydrogen) atoms. The van der Waals surface area contributed by atoms with E-state index in [1.807, 2.05) is 48.5 Å². The predicted octanol–water partition coefficient (Wildman–Crippen LogP) is 6.55. The molecule has 1 unspecified atom stereocenters. The molecule has 2 nitrogen and oxygen atoms in total. The van der Waals surface area contributed by atoms with Gasteiger partial charge in [0.1, 0.15) is 17.7 Å². The van der Waals surface area contributed by atoms with E-state index in [9.17, 15) is 10.5 Å². The lowest BCUT2D eigenvalue weighted by Gasteiger charge is -2.33. The van der Waals surface area contributed by atoms with E-state index >= 15 is 0 Å². The van der Waals surface area contributed by atoms with Crippen LogP contribution >= 0.6 is 0 Å². The van der Waals surface area contributed by atoms with Gasteiger partial charge in [-0.05, 0) is 46.6 Å². The van der Waals surface area contributed by atoms with Crippen LogP contribution in [0.2, 0.25) is 0 Å². The van der Waals surface area contributed by atoms with Crippen LogP contribution < -0.4 is 0 Å². The lowest BCUT2D eigenvalue weighted by Crippen LogP contribution is -2.20. The lowest BCUT2D eigenvalue weighted by atomic mass is 9.70. The van der Waals surface area contributed by atoms with E-state index in [0.29, 0.717) is 0 Å². The summed E-state index contributed by atoms with van der Waals surface area (Å²) in [6, 6.07) is 33.1. The van der Waals surface area contributed by atoms with Crippen molar-refractivity contribution in [3.05, 3.63) is 119 Å². The molecule has 0 radical (unpaired) electrons. The molecule has 2 heteroatoms. The summed E-state index contributed by atoms with van der Waals surface area (Å²) in [5.41, 5.74) is 5.70. The van der Waals surface area contributed by atoms with Crippen molar-refractivity contribution in [1.82, 2.24) is 0 Å². The standard InChI is InChI=1S/C28H22N2/c29-19-24(20-30)28-26-14-8-7-13-23(26)16-18-27(28)25(22-11-5-2-6-12-22)17-15-21-9-3-1-4-10-21/h1-15,17,25,27H,16,18H2/b17-15+/t25?,27-/m0/s1. The van der Waals surface area contributed by atoms with Gasteiger partial charge < -0.3 is 0 Å². The summed E-state index contributed by atoms with van der Waals surface area (Å²) in [5, 5.41) is 19.5. The molecule has 0 fully saturated rings. The first-order valence-electron chi connectivity index (χ1n) is 10.2. The van der Waals surface area contributed by atoms with Crippen LogP contribution in [0.3, 0.4) is 0 Å². The summed E-state index contributed by atoms with van der Waals surface area (Å²) in [6.45, 7) is 0. The highest BCUT2D eigenvalue weighted by Crippen LogP contribution is 2.45. The van der Waals surface area contributed by atoms with Crippen LogP contribution in [0.15, 0.2) is 96.6 Å². The van der Waals surface area contributed by atoms with Gasteiger partial charge in [0, 0.05) is 5.92 Å². The van der Waals surface area contributed by atoms with Crippen molar-refractivity contribution in [2.45, 2.75) is 18.8 Å². The number of allylic oxidation sites excluding steroid dienone is 3. The molecule has 0 N–H and O–H groups in total. The number of nitrogens with zero attached hydrogens (tertiary/aromatic N) is 2. The van der Waals surface area contributed by atoms with Gasteiger partial charge in [-0.1, -0.05) is 97.1 Å². The van der Waals surface area contributed by atoms with Crippen LogP contribution in [0, 0.1) is 28.6 Å². The zero-order valence-corrected chi connectivity index (χ0v) is 16.7. The second kappa shape index (κ2) is 9.08. The first-order chi connectivity index (χ1) is 14.8. The van der Waals surface area contributed by atoms with Gasteiger partial charge in [0.15, 0.2) is 0 Å². The van der Waals surface area contributed by atoms with Crippen molar-refractivity contribution in [2.75, 3.05) is 0 Å². The molecule has 0 bridgehead atoms. The summed E-state index contributed by atoms with van der Waals surface area (Å²) in [5.74, 6) is 0.142. The van der Waals surface area contributed by atoms with Gasteiger partial charge in [0.25, 0.3) is 0 Å². The van der Waals surface area contributed by atoms with Crippen molar-refractivity contribution >= 4 is 11.6 Å². The number of rotatable bonds is 4. The Hall–Kier alpha value is -3.88. The average Bonchev–Trinajstić information content (AvgIpc) is 2.82. The fourth-order valence-corrected chi connectivity index (χ4v) is 4.41. The average molecular weight is 386 g/mol. The van der Waals surface area contributed by atoms with E-state index in [1.54, 1.807) is 0 Å². The topological polar surface area (TPSA) is 47.6 Å². The van der Waals surface area contributed by atoms with Crippen molar-refractivity contribution in [1.29, 1.82) is 10.5 Å². The van der Waals surface area contributed by atoms with Crippen molar-refractivity contribution < 1.29 is 0 Å². The first kappa shape index (κ1) is 19.4. The minimum absolute atomic E-state index is 0.0663. The van der Waals surface area contributed by atoms with Gasteiger partial charge in [-0.3, -0.25) is 0 Å². The third-order valence-corrected chi connectivity index (χ3v) is 5.81. The molecule has 1 aliphatic rings. The smallest absolute Gasteiger partial charge is 0.133 e. The van der Waals surface area contributed by atoms with Crippen molar-refractivity contribution in [2.24, 2.45) is 5.92 Å². The Balaban J connectivity index is 1.85. The molecule has 0 aromatic heterocycles. The minimum atomic E-state index is 0.0663. The van der Waals surface area contributed by atoms with Crippen LogP contribution in [0.25, 0.3) is 11.6 Å². The van der Waals surface area contributed by atoms with Crippen LogP contribution in [-0.4, -0.2) is 0 Å². The van der Waals surface area contributed by atoms with E-state index in [4.69, 9.17) is 0 Å². The Kier molecular flexibility index (Phi) is 5.88. The molecule has 0 saturated carbocycles. The summed E-state index contributed by atoms with van der Waals surface area (Å²) >= 11 is 0. The van der Waals surface area contributed by atoms with Crippen LogP contribution in [0.1, 0.15) is 34.6 Å². The van der Waals surface area contributed by atoms with Crippen molar-refractivity contribution in [3.63, 3.8) is 0 Å². The normalized spacial score (nSPS) is 16.3. The summed E-state index contributed by atoms with van der Waals surface area (Å²) in [4.78, 5) is 0. The minimum Gasteiger partial charge on any atom is -0.192 e. The molecule has 2 atom stereocenters. The number of benzene rings is 3. The fourth-order valence-electron chi connectivity index (χ4n) is 4.41. The maximum absolute atomic E-state index is 9.73. The first-order valence-corrected chi connectivity index (χ1v) is 10.2. The highest BCUT2D eigenvalue weighted by Gasteiger charge is 2.32. The molecule has 3 aromatic carbocycles. The van der Waals surface area contributed by atoms with Gasteiger partial charge in [-0.15, -0.1) is 0 Å². The van der Waals surface area contributed by atoms with Gasteiger partial charge >= 0.3 is 0 Å². The SMILES string of the molecule is N#CC(C#N)=C1c2ccccc2CC[C@H]1C(/C=C/c1ccccc1)c1ccccc1. The zero-order chi connectivity index (χ0) is 20.8. The Morgan fingerprint density at radius 3 is 2.17 bits per heavy atom. The molecular weight excluding hydrogens is 364 g/mol. The van der Waals surface area contributed by atoms with E-state index in [2.05, 4.69) is 60.7 Å². The van der Waals surface area contributed by atoms with Gasteiger partial charge in [0.05, 0.1) is 0 Å². The second-order valence-corrected chi connectivity index (χ2v) is 7.52. The summed E-state index contributed by atoms with van der Waals surface area (Å²) in [6.07, 6.45) is 6.22. The van der Waals surface area contributed by atoms with Gasteiger partial charge in [-0.2, -0.15) is 10.5 Å². The number of hydrogen-bond donors (Lipinski definition) is 0. The van der Waals surface area contributed by atoms with E-state index in [-0.39, 0.29) is 17.4 Å². The Labute approximate surface area is 178 Å². The monoisotopic (exact) mass is 386 g/mol. The van der Waals surface area contributed by atoms with Crippen LogP contribution in [0.5, 0.6) is 0 Å². The molecular formula is C28H22N2. The number of hydrogen-bond acceptors (Lipinski definition) is 2. The van der Waals surface area contributed by atoms with Gasteiger partial charge in [0.2, 0.25) is 0 Å². The molecule has 0 aliphatic heterocycles. The number of fused-ring (bicyclic) bond motifs is 1. The number of nitriles is 2. The van der Waals surface area contributed by atoms with Crippen molar-refractivity contribution in [3.8, 4) is 12.1 Å². The summed E-state index contributed by atoms with van der Waals surface area (Å²) < 4.78 is 0. The quantitative estimate of drug-likeness (QED) is 0.478. The third kappa shape index (κ3) is 3.95. The zero-order valence-electron chi connectivity index (χ0n) is 16.7. The fraction of sp³-hybridized carbons (Fsp3) is 0.143. The Bertz CT molecular complexity index is 1140. The molecule has 144 valence electrons. The molecule has 4 rings (SSSR count). The second-order valence-electron chi connectivity index (χ2n) is 7.52. The third-order valence-electron chi connectivity index (χ3n) is 5.81.